The number of pyridine rings is 1. The van der Waals surface area contributed by atoms with Gasteiger partial charge in [-0.1, -0.05) is 0 Å². The maximum absolute atomic E-state index is 5.89. The SMILES string of the molecule is COCC(N)CN(C)c1cc(C)c(Br)cn1. The molecule has 0 aromatic carbocycles. The quantitative estimate of drug-likeness (QED) is 0.893. The van der Waals surface area contributed by atoms with Gasteiger partial charge in [0.1, 0.15) is 5.82 Å². The largest absolute Gasteiger partial charge is 0.383 e. The molecular formula is C11H18BrN3O. The summed E-state index contributed by atoms with van der Waals surface area (Å²) >= 11 is 3.43. The fourth-order valence-corrected chi connectivity index (χ4v) is 1.66. The number of nitrogens with two attached hydrogens (primary N) is 1. The Morgan fingerprint density at radius 3 is 2.88 bits per heavy atom. The van der Waals surface area contributed by atoms with Crippen LogP contribution in [-0.4, -0.2) is 38.3 Å². The van der Waals surface area contributed by atoms with E-state index in [9.17, 15) is 0 Å². The summed E-state index contributed by atoms with van der Waals surface area (Å²) in [4.78, 5) is 6.37. The number of halogens is 1. The zero-order valence-electron chi connectivity index (χ0n) is 9.90. The number of likely N-dealkylation sites (N-methyl/N-ethyl adjacent to an activating group) is 1. The highest BCUT2D eigenvalue weighted by Crippen LogP contribution is 2.19. The number of aryl methyl sites for hydroxylation is 1. The topological polar surface area (TPSA) is 51.4 Å². The van der Waals surface area contributed by atoms with Gasteiger partial charge in [0.15, 0.2) is 0 Å². The molecule has 1 aromatic heterocycles. The molecule has 0 aliphatic heterocycles. The Balaban J connectivity index is 2.65. The van der Waals surface area contributed by atoms with Crippen LogP contribution in [0.25, 0.3) is 0 Å². The lowest BCUT2D eigenvalue weighted by atomic mass is 10.2. The van der Waals surface area contributed by atoms with Crippen molar-refractivity contribution >= 4 is 21.7 Å². The number of anilines is 1. The van der Waals surface area contributed by atoms with Gasteiger partial charge in [0.2, 0.25) is 0 Å². The highest BCUT2D eigenvalue weighted by Gasteiger charge is 2.09. The van der Waals surface area contributed by atoms with E-state index in [2.05, 4.69) is 20.9 Å². The van der Waals surface area contributed by atoms with Gasteiger partial charge < -0.3 is 15.4 Å². The summed E-state index contributed by atoms with van der Waals surface area (Å²) in [5.74, 6) is 0.923. The molecule has 0 fully saturated rings. The normalized spacial score (nSPS) is 12.6. The molecule has 4 nitrogen and oxygen atoms in total. The van der Waals surface area contributed by atoms with Crippen molar-refractivity contribution in [3.05, 3.63) is 22.3 Å². The van der Waals surface area contributed by atoms with Crippen LogP contribution >= 0.6 is 15.9 Å². The Kier molecular flexibility index (Phi) is 5.18. The Labute approximate surface area is 105 Å². The summed E-state index contributed by atoms with van der Waals surface area (Å²) < 4.78 is 6.02. The van der Waals surface area contributed by atoms with Crippen molar-refractivity contribution in [2.75, 3.05) is 32.2 Å². The monoisotopic (exact) mass is 287 g/mol. The van der Waals surface area contributed by atoms with Gasteiger partial charge in [-0.15, -0.1) is 0 Å². The molecule has 0 spiro atoms. The average molecular weight is 288 g/mol. The second-order valence-corrected chi connectivity index (χ2v) is 4.74. The first-order valence-electron chi connectivity index (χ1n) is 5.12. The number of methoxy groups -OCH3 is 1. The summed E-state index contributed by atoms with van der Waals surface area (Å²) in [6.07, 6.45) is 1.81. The van der Waals surface area contributed by atoms with Crippen molar-refractivity contribution in [2.24, 2.45) is 5.73 Å². The minimum Gasteiger partial charge on any atom is -0.383 e. The van der Waals surface area contributed by atoms with Crippen LogP contribution in [0.1, 0.15) is 5.56 Å². The molecule has 16 heavy (non-hydrogen) atoms. The number of nitrogens with zero attached hydrogens (tertiary/aromatic N) is 2. The van der Waals surface area contributed by atoms with Crippen LogP contribution in [0, 0.1) is 6.92 Å². The molecule has 0 bridgehead atoms. The van der Waals surface area contributed by atoms with Crippen LogP contribution in [0.15, 0.2) is 16.7 Å². The third kappa shape index (κ3) is 3.73. The van der Waals surface area contributed by atoms with E-state index in [0.29, 0.717) is 6.61 Å². The summed E-state index contributed by atoms with van der Waals surface area (Å²) in [5.41, 5.74) is 7.05. The van der Waals surface area contributed by atoms with Crippen LogP contribution in [-0.2, 0) is 4.74 Å². The predicted molar refractivity (Wildman–Crippen MR) is 69.8 cm³/mol. The number of rotatable bonds is 5. The molecule has 2 N–H and O–H groups in total. The molecule has 0 aliphatic carbocycles. The third-order valence-corrected chi connectivity index (χ3v) is 3.14. The third-order valence-electron chi connectivity index (χ3n) is 2.31. The highest BCUT2D eigenvalue weighted by molar-refractivity contribution is 9.10. The van der Waals surface area contributed by atoms with E-state index in [1.807, 2.05) is 31.1 Å². The molecule has 0 aliphatic rings. The van der Waals surface area contributed by atoms with Gasteiger partial charge in [-0.3, -0.25) is 0 Å². The zero-order chi connectivity index (χ0) is 12.1. The van der Waals surface area contributed by atoms with Gasteiger partial charge >= 0.3 is 0 Å². The molecule has 0 radical (unpaired) electrons. The Morgan fingerprint density at radius 2 is 2.31 bits per heavy atom. The van der Waals surface area contributed by atoms with Crippen LogP contribution in [0.3, 0.4) is 0 Å². The lowest BCUT2D eigenvalue weighted by molar-refractivity contribution is 0.181. The number of hydrogen-bond acceptors (Lipinski definition) is 4. The van der Waals surface area contributed by atoms with Crippen molar-refractivity contribution < 1.29 is 4.74 Å². The van der Waals surface area contributed by atoms with E-state index in [-0.39, 0.29) is 6.04 Å². The first-order chi connectivity index (χ1) is 7.54. The van der Waals surface area contributed by atoms with Crippen molar-refractivity contribution in [2.45, 2.75) is 13.0 Å². The Bertz CT molecular complexity index is 346. The number of ether oxygens (including phenoxy) is 1. The van der Waals surface area contributed by atoms with Gasteiger partial charge in [0, 0.05) is 37.4 Å². The van der Waals surface area contributed by atoms with Crippen LogP contribution in [0.5, 0.6) is 0 Å². The minimum absolute atomic E-state index is 0.000697. The average Bonchev–Trinajstić information content (AvgIpc) is 2.22. The van der Waals surface area contributed by atoms with Crippen molar-refractivity contribution in [1.82, 2.24) is 4.98 Å². The van der Waals surface area contributed by atoms with Gasteiger partial charge in [-0.2, -0.15) is 0 Å². The van der Waals surface area contributed by atoms with Gasteiger partial charge in [-0.05, 0) is 34.5 Å². The maximum Gasteiger partial charge on any atom is 0.128 e. The number of hydrogen-bond donors (Lipinski definition) is 1. The molecule has 0 amide bonds. The molecule has 1 atom stereocenters. The van der Waals surface area contributed by atoms with E-state index >= 15 is 0 Å². The van der Waals surface area contributed by atoms with E-state index in [4.69, 9.17) is 10.5 Å². The van der Waals surface area contributed by atoms with Crippen molar-refractivity contribution in [3.63, 3.8) is 0 Å². The zero-order valence-corrected chi connectivity index (χ0v) is 11.5. The van der Waals surface area contributed by atoms with Gasteiger partial charge in [-0.25, -0.2) is 4.98 Å². The molecular weight excluding hydrogens is 270 g/mol. The molecule has 0 saturated carbocycles. The summed E-state index contributed by atoms with van der Waals surface area (Å²) in [5, 5.41) is 0. The van der Waals surface area contributed by atoms with Crippen molar-refractivity contribution in [3.8, 4) is 0 Å². The summed E-state index contributed by atoms with van der Waals surface area (Å²) in [6.45, 7) is 3.32. The maximum atomic E-state index is 5.89. The molecule has 5 heteroatoms. The summed E-state index contributed by atoms with van der Waals surface area (Å²) in [6, 6.07) is 2.03. The Hall–Kier alpha value is -0.650. The predicted octanol–water partition coefficient (Wildman–Crippen LogP) is 1.56. The standard InChI is InChI=1S/C11H18BrN3O/c1-8-4-11(14-5-10(8)12)15(2)6-9(13)7-16-3/h4-5,9H,6-7,13H2,1-3H3. The lowest BCUT2D eigenvalue weighted by Gasteiger charge is -2.22. The molecule has 1 heterocycles. The highest BCUT2D eigenvalue weighted by atomic mass is 79.9. The fourth-order valence-electron chi connectivity index (χ4n) is 1.45. The summed E-state index contributed by atoms with van der Waals surface area (Å²) in [7, 11) is 3.63. The van der Waals surface area contributed by atoms with E-state index in [0.717, 1.165) is 22.4 Å². The minimum atomic E-state index is 0.000697. The molecule has 1 aromatic rings. The van der Waals surface area contributed by atoms with Crippen LogP contribution in [0.2, 0.25) is 0 Å². The van der Waals surface area contributed by atoms with E-state index < -0.39 is 0 Å². The molecule has 1 rings (SSSR count). The number of aromatic nitrogens is 1. The van der Waals surface area contributed by atoms with Crippen molar-refractivity contribution in [1.29, 1.82) is 0 Å². The van der Waals surface area contributed by atoms with E-state index in [1.165, 1.54) is 0 Å². The molecule has 0 saturated heterocycles. The van der Waals surface area contributed by atoms with Gasteiger partial charge in [0.25, 0.3) is 0 Å². The first-order valence-corrected chi connectivity index (χ1v) is 5.91. The lowest BCUT2D eigenvalue weighted by Crippen LogP contribution is -2.38. The first kappa shape index (κ1) is 13.4. The van der Waals surface area contributed by atoms with Crippen LogP contribution < -0.4 is 10.6 Å². The fraction of sp³-hybridized carbons (Fsp3) is 0.545. The Morgan fingerprint density at radius 1 is 1.62 bits per heavy atom. The van der Waals surface area contributed by atoms with E-state index in [1.54, 1.807) is 7.11 Å². The smallest absolute Gasteiger partial charge is 0.128 e. The molecule has 90 valence electrons. The van der Waals surface area contributed by atoms with Gasteiger partial charge in [0.05, 0.1) is 6.61 Å². The second-order valence-electron chi connectivity index (χ2n) is 3.89. The second kappa shape index (κ2) is 6.18. The van der Waals surface area contributed by atoms with Crippen LogP contribution in [0.4, 0.5) is 5.82 Å². The molecule has 1 unspecified atom stereocenters.